The summed E-state index contributed by atoms with van der Waals surface area (Å²) in [4.78, 5) is 20.5. The van der Waals surface area contributed by atoms with Gasteiger partial charge in [0.15, 0.2) is 0 Å². The van der Waals surface area contributed by atoms with Gasteiger partial charge in [-0.05, 0) is 55.0 Å². The van der Waals surface area contributed by atoms with Crippen molar-refractivity contribution in [2.45, 2.75) is 13.3 Å². The lowest BCUT2D eigenvalue weighted by atomic mass is 10.3. The van der Waals surface area contributed by atoms with Crippen molar-refractivity contribution < 1.29 is 23.7 Å². The van der Waals surface area contributed by atoms with Crippen molar-refractivity contribution in [1.82, 2.24) is 9.97 Å². The molecule has 0 spiro atoms. The molecule has 0 aliphatic rings. The fraction of sp³-hybridized carbons (Fsp3) is 0.227. The fourth-order valence-corrected chi connectivity index (χ4v) is 2.37. The van der Waals surface area contributed by atoms with Gasteiger partial charge < -0.3 is 18.9 Å². The first-order valence-electron chi connectivity index (χ1n) is 9.32. The summed E-state index contributed by atoms with van der Waals surface area (Å²) < 4.78 is 22.0. The highest BCUT2D eigenvalue weighted by Crippen LogP contribution is 2.22. The van der Waals surface area contributed by atoms with Gasteiger partial charge in [0.2, 0.25) is 5.88 Å². The molecule has 0 saturated carbocycles. The summed E-state index contributed by atoms with van der Waals surface area (Å²) in [5.41, 5.74) is 0.230. The SMILES string of the molecule is CCCOc1ccc(OCCOC(=O)c2cccnc2Oc2cccnc2)cc1. The van der Waals surface area contributed by atoms with Crippen molar-refractivity contribution in [3.05, 3.63) is 72.7 Å². The zero-order valence-electron chi connectivity index (χ0n) is 16.1. The molecule has 0 aliphatic heterocycles. The Kier molecular flexibility index (Phi) is 7.40. The Morgan fingerprint density at radius 2 is 1.59 bits per heavy atom. The van der Waals surface area contributed by atoms with E-state index >= 15 is 0 Å². The quantitative estimate of drug-likeness (QED) is 0.375. The van der Waals surface area contributed by atoms with Crippen LogP contribution in [0.5, 0.6) is 23.1 Å². The van der Waals surface area contributed by atoms with Gasteiger partial charge in [-0.1, -0.05) is 6.92 Å². The van der Waals surface area contributed by atoms with E-state index in [1.54, 1.807) is 36.7 Å². The average molecular weight is 394 g/mol. The van der Waals surface area contributed by atoms with Gasteiger partial charge in [-0.3, -0.25) is 4.98 Å². The number of ether oxygens (including phenoxy) is 4. The van der Waals surface area contributed by atoms with Crippen LogP contribution in [0.2, 0.25) is 0 Å². The smallest absolute Gasteiger partial charge is 0.343 e. The van der Waals surface area contributed by atoms with E-state index in [1.807, 2.05) is 24.3 Å². The first-order chi connectivity index (χ1) is 14.3. The molecule has 2 aromatic heterocycles. The monoisotopic (exact) mass is 394 g/mol. The summed E-state index contributed by atoms with van der Waals surface area (Å²) in [7, 11) is 0. The summed E-state index contributed by atoms with van der Waals surface area (Å²) in [6.45, 7) is 3.04. The van der Waals surface area contributed by atoms with Crippen molar-refractivity contribution in [3.63, 3.8) is 0 Å². The molecule has 0 aliphatic carbocycles. The molecule has 0 amide bonds. The second kappa shape index (κ2) is 10.7. The summed E-state index contributed by atoms with van der Waals surface area (Å²) in [5.74, 6) is 1.57. The lowest BCUT2D eigenvalue weighted by Crippen LogP contribution is -2.13. The molecule has 0 radical (unpaired) electrons. The molecule has 0 bridgehead atoms. The number of rotatable bonds is 10. The molecular weight excluding hydrogens is 372 g/mol. The molecule has 0 N–H and O–H groups in total. The highest BCUT2D eigenvalue weighted by molar-refractivity contribution is 5.91. The minimum Gasteiger partial charge on any atom is -0.494 e. The van der Waals surface area contributed by atoms with Crippen LogP contribution in [0.15, 0.2) is 67.1 Å². The maximum Gasteiger partial charge on any atom is 0.343 e. The van der Waals surface area contributed by atoms with Crippen LogP contribution < -0.4 is 14.2 Å². The van der Waals surface area contributed by atoms with Crippen LogP contribution in [-0.4, -0.2) is 35.8 Å². The number of carbonyl (C=O) groups is 1. The topological polar surface area (TPSA) is 79.8 Å². The van der Waals surface area contributed by atoms with Gasteiger partial charge in [0.1, 0.15) is 36.0 Å². The van der Waals surface area contributed by atoms with E-state index in [2.05, 4.69) is 16.9 Å². The van der Waals surface area contributed by atoms with Crippen molar-refractivity contribution >= 4 is 5.97 Å². The van der Waals surface area contributed by atoms with Crippen molar-refractivity contribution in [3.8, 4) is 23.1 Å². The van der Waals surface area contributed by atoms with Crippen molar-refractivity contribution in [2.24, 2.45) is 0 Å². The Balaban J connectivity index is 1.48. The third-order valence-electron chi connectivity index (χ3n) is 3.72. The van der Waals surface area contributed by atoms with E-state index in [4.69, 9.17) is 18.9 Å². The molecule has 3 rings (SSSR count). The van der Waals surface area contributed by atoms with Gasteiger partial charge in [0.05, 0.1) is 12.8 Å². The summed E-state index contributed by atoms with van der Waals surface area (Å²) in [6, 6.07) is 14.0. The van der Waals surface area contributed by atoms with Gasteiger partial charge in [-0.25, -0.2) is 9.78 Å². The van der Waals surface area contributed by atoms with E-state index in [-0.39, 0.29) is 24.7 Å². The van der Waals surface area contributed by atoms with Crippen molar-refractivity contribution in [2.75, 3.05) is 19.8 Å². The van der Waals surface area contributed by atoms with E-state index in [9.17, 15) is 4.79 Å². The van der Waals surface area contributed by atoms with Gasteiger partial charge in [-0.2, -0.15) is 0 Å². The third kappa shape index (κ3) is 6.21. The highest BCUT2D eigenvalue weighted by Gasteiger charge is 2.16. The molecule has 7 heteroatoms. The number of pyridine rings is 2. The molecule has 3 aromatic rings. The van der Waals surface area contributed by atoms with Crippen molar-refractivity contribution in [1.29, 1.82) is 0 Å². The Morgan fingerprint density at radius 1 is 0.862 bits per heavy atom. The van der Waals surface area contributed by atoms with E-state index in [0.29, 0.717) is 18.1 Å². The Bertz CT molecular complexity index is 901. The number of hydrogen-bond donors (Lipinski definition) is 0. The first-order valence-corrected chi connectivity index (χ1v) is 9.32. The van der Waals surface area contributed by atoms with E-state index in [1.165, 1.54) is 6.20 Å². The number of benzene rings is 1. The molecule has 0 atom stereocenters. The van der Waals surface area contributed by atoms with Gasteiger partial charge in [-0.15, -0.1) is 0 Å². The standard InChI is InChI=1S/C22H22N2O5/c1-2-13-26-17-7-9-18(10-8-17)27-14-15-28-22(25)20-6-4-12-24-21(20)29-19-5-3-11-23-16-19/h3-12,16H,2,13-15H2,1H3. The van der Waals surface area contributed by atoms with Gasteiger partial charge in [0, 0.05) is 12.4 Å². The van der Waals surface area contributed by atoms with Crippen LogP contribution >= 0.6 is 0 Å². The minimum atomic E-state index is -0.538. The number of carbonyl (C=O) groups excluding carboxylic acids is 1. The molecule has 0 saturated heterocycles. The molecule has 1 aromatic carbocycles. The summed E-state index contributed by atoms with van der Waals surface area (Å²) >= 11 is 0. The zero-order valence-corrected chi connectivity index (χ0v) is 16.1. The highest BCUT2D eigenvalue weighted by atomic mass is 16.6. The molecule has 7 nitrogen and oxygen atoms in total. The average Bonchev–Trinajstić information content (AvgIpc) is 2.77. The van der Waals surface area contributed by atoms with E-state index < -0.39 is 5.97 Å². The van der Waals surface area contributed by atoms with Gasteiger partial charge in [0.25, 0.3) is 0 Å². The second-order valence-corrected chi connectivity index (χ2v) is 5.95. The molecule has 0 fully saturated rings. The molecule has 29 heavy (non-hydrogen) atoms. The number of hydrogen-bond acceptors (Lipinski definition) is 7. The van der Waals surface area contributed by atoms with Crippen LogP contribution in [0.4, 0.5) is 0 Å². The molecule has 150 valence electrons. The molecule has 0 unspecified atom stereocenters. The van der Waals surface area contributed by atoms with Gasteiger partial charge >= 0.3 is 5.97 Å². The maximum absolute atomic E-state index is 12.4. The Morgan fingerprint density at radius 3 is 2.28 bits per heavy atom. The summed E-state index contributed by atoms with van der Waals surface area (Å²) in [5, 5.41) is 0. The first kappa shape index (κ1) is 20.1. The zero-order chi connectivity index (χ0) is 20.3. The maximum atomic E-state index is 12.4. The van der Waals surface area contributed by atoms with E-state index in [0.717, 1.165) is 12.2 Å². The minimum absolute atomic E-state index is 0.0914. The van der Waals surface area contributed by atoms with Crippen LogP contribution in [0.25, 0.3) is 0 Å². The molecular formula is C22H22N2O5. The predicted octanol–water partition coefficient (Wildman–Crippen LogP) is 4.29. The largest absolute Gasteiger partial charge is 0.494 e. The lowest BCUT2D eigenvalue weighted by Gasteiger charge is -2.11. The Hall–Kier alpha value is -3.61. The summed E-state index contributed by atoms with van der Waals surface area (Å²) in [6.07, 6.45) is 5.66. The molecule has 2 heterocycles. The van der Waals surface area contributed by atoms with Crippen LogP contribution in [0.3, 0.4) is 0 Å². The second-order valence-electron chi connectivity index (χ2n) is 5.95. The predicted molar refractivity (Wildman–Crippen MR) is 107 cm³/mol. The number of esters is 1. The lowest BCUT2D eigenvalue weighted by molar-refractivity contribution is 0.0447. The van der Waals surface area contributed by atoms with Crippen LogP contribution in [-0.2, 0) is 4.74 Å². The number of aromatic nitrogens is 2. The Labute approximate surface area is 169 Å². The number of nitrogens with zero attached hydrogens (tertiary/aromatic N) is 2. The normalized spacial score (nSPS) is 10.2. The third-order valence-corrected chi connectivity index (χ3v) is 3.72. The van der Waals surface area contributed by atoms with Crippen LogP contribution in [0.1, 0.15) is 23.7 Å². The van der Waals surface area contributed by atoms with Crippen LogP contribution in [0, 0.1) is 0 Å². The fourth-order valence-electron chi connectivity index (χ4n) is 2.37.